The van der Waals surface area contributed by atoms with Crippen molar-refractivity contribution in [1.29, 1.82) is 0 Å². The second-order valence-electron chi connectivity index (χ2n) is 5.59. The second kappa shape index (κ2) is 7.11. The van der Waals surface area contributed by atoms with Gasteiger partial charge in [-0.1, -0.05) is 12.1 Å². The summed E-state index contributed by atoms with van der Waals surface area (Å²) in [6.45, 7) is 4.56. The molecule has 0 aliphatic carbocycles. The Morgan fingerprint density at radius 1 is 1.38 bits per heavy atom. The Morgan fingerprint density at radius 2 is 2.10 bits per heavy atom. The molecule has 0 bridgehead atoms. The number of nitrogens with zero attached hydrogens (tertiary/aromatic N) is 2. The second-order valence-corrected chi connectivity index (χ2v) is 6.46. The number of thioether (sulfide) groups is 1. The third kappa shape index (κ3) is 4.59. The molecule has 1 aromatic heterocycles. The molecular formula is C16H23N3OS. The van der Waals surface area contributed by atoms with E-state index in [1.165, 1.54) is 5.56 Å². The smallest absolute Gasteiger partial charge is 0.0991 e. The molecule has 21 heavy (non-hydrogen) atoms. The van der Waals surface area contributed by atoms with Gasteiger partial charge in [-0.15, -0.1) is 0 Å². The summed E-state index contributed by atoms with van der Waals surface area (Å²) in [5.41, 5.74) is 1.63. The zero-order valence-electron chi connectivity index (χ0n) is 12.8. The molecule has 0 aliphatic rings. The minimum absolute atomic E-state index is 0.204. The van der Waals surface area contributed by atoms with Crippen LogP contribution in [0.3, 0.4) is 0 Å². The highest BCUT2D eigenvalue weighted by molar-refractivity contribution is 7.98. The van der Waals surface area contributed by atoms with Crippen LogP contribution in [0.25, 0.3) is 5.69 Å². The van der Waals surface area contributed by atoms with Gasteiger partial charge in [0, 0.05) is 36.4 Å². The summed E-state index contributed by atoms with van der Waals surface area (Å²) < 4.78 is 1.98. The molecule has 2 aromatic rings. The quantitative estimate of drug-likeness (QED) is 0.825. The molecule has 0 amide bonds. The summed E-state index contributed by atoms with van der Waals surface area (Å²) in [5.74, 6) is 0.728. The predicted molar refractivity (Wildman–Crippen MR) is 89.0 cm³/mol. The maximum absolute atomic E-state index is 10.2. The molecule has 2 atom stereocenters. The van der Waals surface area contributed by atoms with Crippen molar-refractivity contribution < 1.29 is 5.11 Å². The van der Waals surface area contributed by atoms with E-state index in [2.05, 4.69) is 41.5 Å². The zero-order valence-corrected chi connectivity index (χ0v) is 13.6. The Bertz CT molecular complexity index is 537. The lowest BCUT2D eigenvalue weighted by atomic mass is 10.1. The van der Waals surface area contributed by atoms with Crippen LogP contribution in [-0.4, -0.2) is 38.8 Å². The molecule has 0 saturated carbocycles. The van der Waals surface area contributed by atoms with Crippen LogP contribution < -0.4 is 5.32 Å². The molecule has 1 aromatic carbocycles. The number of imidazole rings is 1. The first-order chi connectivity index (χ1) is 10.0. The molecule has 0 fully saturated rings. The van der Waals surface area contributed by atoms with Gasteiger partial charge in [0.05, 0.1) is 11.9 Å². The molecule has 0 saturated heterocycles. The van der Waals surface area contributed by atoms with E-state index in [4.69, 9.17) is 0 Å². The van der Waals surface area contributed by atoms with Gasteiger partial charge >= 0.3 is 0 Å². The molecule has 1 heterocycles. The average molecular weight is 305 g/mol. The Kier molecular flexibility index (Phi) is 5.45. The maximum atomic E-state index is 10.2. The predicted octanol–water partition coefficient (Wildman–Crippen LogP) is 2.64. The summed E-state index contributed by atoms with van der Waals surface area (Å²) in [7, 11) is 0. The molecule has 2 rings (SSSR count). The highest BCUT2D eigenvalue weighted by Crippen LogP contribution is 2.17. The molecule has 2 N–H and O–H groups in total. The number of aromatic nitrogens is 2. The number of nitrogens with one attached hydrogen (secondary N) is 1. The first-order valence-electron chi connectivity index (χ1n) is 7.05. The minimum atomic E-state index is -0.676. The van der Waals surface area contributed by atoms with Gasteiger partial charge in [-0.25, -0.2) is 4.98 Å². The molecule has 114 valence electrons. The van der Waals surface area contributed by atoms with Gasteiger partial charge < -0.3 is 15.0 Å². The van der Waals surface area contributed by atoms with Crippen molar-refractivity contribution in [3.05, 3.63) is 48.5 Å². The van der Waals surface area contributed by atoms with E-state index in [1.807, 2.05) is 23.9 Å². The van der Waals surface area contributed by atoms with E-state index in [0.29, 0.717) is 6.54 Å². The monoisotopic (exact) mass is 305 g/mol. The molecule has 5 heteroatoms. The first kappa shape index (κ1) is 16.1. The lowest BCUT2D eigenvalue weighted by Gasteiger charge is -2.25. The van der Waals surface area contributed by atoms with Crippen LogP contribution in [-0.2, 0) is 0 Å². The van der Waals surface area contributed by atoms with E-state index in [9.17, 15) is 5.11 Å². The van der Waals surface area contributed by atoms with Crippen LogP contribution in [0, 0.1) is 0 Å². The van der Waals surface area contributed by atoms with E-state index in [-0.39, 0.29) is 6.04 Å². The van der Waals surface area contributed by atoms with Gasteiger partial charge in [0.25, 0.3) is 0 Å². The summed E-state index contributed by atoms with van der Waals surface area (Å²) in [5, 5.41) is 13.6. The van der Waals surface area contributed by atoms with Crippen LogP contribution in [0.1, 0.15) is 25.5 Å². The Morgan fingerprint density at radius 3 is 2.67 bits per heavy atom. The van der Waals surface area contributed by atoms with E-state index in [0.717, 1.165) is 11.4 Å². The van der Waals surface area contributed by atoms with Crippen molar-refractivity contribution >= 4 is 11.8 Å². The summed E-state index contributed by atoms with van der Waals surface area (Å²) in [4.78, 5) is 4.05. The van der Waals surface area contributed by atoms with Crippen LogP contribution in [0.2, 0.25) is 0 Å². The van der Waals surface area contributed by atoms with E-state index < -0.39 is 5.60 Å². The highest BCUT2D eigenvalue weighted by atomic mass is 32.2. The number of hydrogen-bond donors (Lipinski definition) is 2. The molecule has 0 radical (unpaired) electrons. The Hall–Kier alpha value is -1.30. The lowest BCUT2D eigenvalue weighted by Crippen LogP contribution is -2.40. The molecule has 2 unspecified atom stereocenters. The third-order valence-corrected chi connectivity index (χ3v) is 4.35. The third-order valence-electron chi connectivity index (χ3n) is 3.44. The fourth-order valence-corrected chi connectivity index (χ4v) is 2.92. The van der Waals surface area contributed by atoms with Gasteiger partial charge in [-0.2, -0.15) is 11.8 Å². The van der Waals surface area contributed by atoms with E-state index in [1.54, 1.807) is 24.3 Å². The van der Waals surface area contributed by atoms with Crippen molar-refractivity contribution in [2.45, 2.75) is 25.5 Å². The van der Waals surface area contributed by atoms with Gasteiger partial charge in [-0.3, -0.25) is 0 Å². The fraction of sp³-hybridized carbons (Fsp3) is 0.438. The number of hydrogen-bond acceptors (Lipinski definition) is 4. The first-order valence-corrected chi connectivity index (χ1v) is 8.44. The Balaban J connectivity index is 1.95. The number of aliphatic hydroxyl groups is 1. The van der Waals surface area contributed by atoms with Crippen molar-refractivity contribution in [3.63, 3.8) is 0 Å². The van der Waals surface area contributed by atoms with Gasteiger partial charge in [0.2, 0.25) is 0 Å². The van der Waals surface area contributed by atoms with Gasteiger partial charge in [0.1, 0.15) is 0 Å². The SMILES string of the molecule is CSCC(C)(O)CNC(C)c1ccc(-n2ccnc2)cc1. The lowest BCUT2D eigenvalue weighted by molar-refractivity contribution is 0.0821. The van der Waals surface area contributed by atoms with Crippen LogP contribution in [0.5, 0.6) is 0 Å². The summed E-state index contributed by atoms with van der Waals surface area (Å²) in [6.07, 6.45) is 7.49. The van der Waals surface area contributed by atoms with Crippen molar-refractivity contribution in [1.82, 2.24) is 14.9 Å². The number of rotatable bonds is 7. The number of benzene rings is 1. The van der Waals surface area contributed by atoms with Crippen LogP contribution in [0.15, 0.2) is 43.0 Å². The molecular weight excluding hydrogens is 282 g/mol. The van der Waals surface area contributed by atoms with Crippen molar-refractivity contribution in [3.8, 4) is 5.69 Å². The van der Waals surface area contributed by atoms with Crippen molar-refractivity contribution in [2.24, 2.45) is 0 Å². The normalized spacial score (nSPS) is 15.6. The zero-order chi connectivity index (χ0) is 15.3. The average Bonchev–Trinajstić information content (AvgIpc) is 2.99. The topological polar surface area (TPSA) is 50.1 Å². The van der Waals surface area contributed by atoms with Crippen LogP contribution in [0.4, 0.5) is 0 Å². The van der Waals surface area contributed by atoms with Gasteiger partial charge in [-0.05, 0) is 37.8 Å². The van der Waals surface area contributed by atoms with E-state index >= 15 is 0 Å². The van der Waals surface area contributed by atoms with Crippen LogP contribution >= 0.6 is 11.8 Å². The standard InChI is InChI=1S/C16H23N3OS/c1-13(18-10-16(2,20)11-21-3)14-4-6-15(7-5-14)19-9-8-17-12-19/h4-9,12-13,18,20H,10-11H2,1-3H3. The molecule has 0 aliphatic heterocycles. The fourth-order valence-electron chi connectivity index (χ4n) is 2.20. The highest BCUT2D eigenvalue weighted by Gasteiger charge is 2.20. The summed E-state index contributed by atoms with van der Waals surface area (Å²) in [6, 6.07) is 8.58. The maximum Gasteiger partial charge on any atom is 0.0991 e. The Labute approximate surface area is 130 Å². The minimum Gasteiger partial charge on any atom is -0.388 e. The molecule has 0 spiro atoms. The largest absolute Gasteiger partial charge is 0.388 e. The van der Waals surface area contributed by atoms with Crippen molar-refractivity contribution in [2.75, 3.05) is 18.6 Å². The molecule has 4 nitrogen and oxygen atoms in total. The van der Waals surface area contributed by atoms with Gasteiger partial charge in [0.15, 0.2) is 0 Å². The summed E-state index contributed by atoms with van der Waals surface area (Å²) >= 11 is 1.66.